The van der Waals surface area contributed by atoms with Crippen molar-refractivity contribution in [2.24, 2.45) is 5.41 Å². The Hall–Kier alpha value is -2.36. The monoisotopic (exact) mass is 326 g/mol. The number of rotatable bonds is 7. The van der Waals surface area contributed by atoms with Gasteiger partial charge in [-0.15, -0.1) is 0 Å². The first-order chi connectivity index (χ1) is 11.3. The van der Waals surface area contributed by atoms with Gasteiger partial charge in [0.1, 0.15) is 0 Å². The topological polar surface area (TPSA) is 55.1 Å². The fourth-order valence-corrected chi connectivity index (χ4v) is 2.62. The van der Waals surface area contributed by atoms with Gasteiger partial charge < -0.3 is 9.67 Å². The van der Waals surface area contributed by atoms with E-state index in [9.17, 15) is 4.79 Å². The summed E-state index contributed by atoms with van der Waals surface area (Å²) in [6.07, 6.45) is 11.1. The third kappa shape index (κ3) is 6.03. The van der Waals surface area contributed by atoms with Gasteiger partial charge in [-0.2, -0.15) is 0 Å². The molecule has 0 amide bonds. The summed E-state index contributed by atoms with van der Waals surface area (Å²) < 4.78 is 2.06. The van der Waals surface area contributed by atoms with Gasteiger partial charge >= 0.3 is 5.97 Å². The SMILES string of the molecule is CC(C)(C)CCC/C(=C/c1ccc(C(=O)O)cc1)Cn1ccnc1. The Morgan fingerprint density at radius 2 is 1.96 bits per heavy atom. The number of carboxylic acids is 1. The van der Waals surface area contributed by atoms with Gasteiger partial charge in [-0.3, -0.25) is 0 Å². The lowest BCUT2D eigenvalue weighted by molar-refractivity contribution is 0.0697. The molecule has 1 heterocycles. The molecular weight excluding hydrogens is 300 g/mol. The van der Waals surface area contributed by atoms with Gasteiger partial charge in [-0.1, -0.05) is 39.0 Å². The van der Waals surface area contributed by atoms with Gasteiger partial charge in [0.05, 0.1) is 11.9 Å². The second-order valence-corrected chi connectivity index (χ2v) is 7.38. The second-order valence-electron chi connectivity index (χ2n) is 7.38. The van der Waals surface area contributed by atoms with E-state index in [1.165, 1.54) is 12.0 Å². The molecule has 2 rings (SSSR count). The first-order valence-electron chi connectivity index (χ1n) is 8.32. The first kappa shape index (κ1) is 18.0. The highest BCUT2D eigenvalue weighted by molar-refractivity contribution is 5.87. The number of carboxylic acid groups (broad SMARTS) is 1. The molecular formula is C20H26N2O2. The van der Waals surface area contributed by atoms with Crippen molar-refractivity contribution in [1.29, 1.82) is 0 Å². The normalized spacial score (nSPS) is 12.4. The maximum atomic E-state index is 11.0. The second kappa shape index (κ2) is 7.95. The molecule has 4 heteroatoms. The van der Waals surface area contributed by atoms with Crippen LogP contribution < -0.4 is 0 Å². The van der Waals surface area contributed by atoms with Crippen molar-refractivity contribution in [1.82, 2.24) is 9.55 Å². The summed E-state index contributed by atoms with van der Waals surface area (Å²) in [6, 6.07) is 7.03. The smallest absolute Gasteiger partial charge is 0.335 e. The van der Waals surface area contributed by atoms with Crippen LogP contribution in [0.3, 0.4) is 0 Å². The Morgan fingerprint density at radius 1 is 1.25 bits per heavy atom. The van der Waals surface area contributed by atoms with E-state index in [2.05, 4.69) is 36.4 Å². The molecule has 128 valence electrons. The average molecular weight is 326 g/mol. The van der Waals surface area contributed by atoms with E-state index >= 15 is 0 Å². The minimum absolute atomic E-state index is 0.316. The minimum atomic E-state index is -0.894. The quantitative estimate of drug-likeness (QED) is 0.789. The lowest BCUT2D eigenvalue weighted by Crippen LogP contribution is -2.05. The Kier molecular flexibility index (Phi) is 5.96. The van der Waals surface area contributed by atoms with Gasteiger partial charge in [-0.25, -0.2) is 9.78 Å². The number of benzene rings is 1. The summed E-state index contributed by atoms with van der Waals surface area (Å²) >= 11 is 0. The summed E-state index contributed by atoms with van der Waals surface area (Å²) in [7, 11) is 0. The van der Waals surface area contributed by atoms with E-state index in [4.69, 9.17) is 5.11 Å². The van der Waals surface area contributed by atoms with E-state index in [0.717, 1.165) is 24.9 Å². The highest BCUT2D eigenvalue weighted by Gasteiger charge is 2.10. The Labute approximate surface area is 143 Å². The molecule has 0 fully saturated rings. The fourth-order valence-electron chi connectivity index (χ4n) is 2.62. The predicted octanol–water partition coefficient (Wildman–Crippen LogP) is 4.88. The summed E-state index contributed by atoms with van der Waals surface area (Å²) in [4.78, 5) is 15.1. The van der Waals surface area contributed by atoms with Crippen LogP contribution in [0.25, 0.3) is 6.08 Å². The zero-order valence-electron chi connectivity index (χ0n) is 14.7. The number of hydrogen-bond donors (Lipinski definition) is 1. The molecule has 1 aromatic carbocycles. The molecule has 0 aliphatic heterocycles. The summed E-state index contributed by atoms with van der Waals surface area (Å²) in [5.41, 5.74) is 3.01. The molecule has 0 unspecified atom stereocenters. The minimum Gasteiger partial charge on any atom is -0.478 e. The average Bonchev–Trinajstić information content (AvgIpc) is 2.99. The van der Waals surface area contributed by atoms with E-state index in [1.807, 2.05) is 24.7 Å². The van der Waals surface area contributed by atoms with Crippen LogP contribution >= 0.6 is 0 Å². The van der Waals surface area contributed by atoms with Crippen molar-refractivity contribution in [3.8, 4) is 0 Å². The van der Waals surface area contributed by atoms with Crippen LogP contribution in [-0.2, 0) is 6.54 Å². The molecule has 0 spiro atoms. The molecule has 24 heavy (non-hydrogen) atoms. The highest BCUT2D eigenvalue weighted by atomic mass is 16.4. The Balaban J connectivity index is 2.12. The van der Waals surface area contributed by atoms with Crippen molar-refractivity contribution in [2.75, 3.05) is 0 Å². The maximum Gasteiger partial charge on any atom is 0.335 e. The number of allylic oxidation sites excluding steroid dienone is 1. The van der Waals surface area contributed by atoms with Crippen LogP contribution in [-0.4, -0.2) is 20.6 Å². The lowest BCUT2D eigenvalue weighted by atomic mass is 9.88. The lowest BCUT2D eigenvalue weighted by Gasteiger charge is -2.18. The zero-order valence-corrected chi connectivity index (χ0v) is 14.7. The molecule has 0 bridgehead atoms. The maximum absolute atomic E-state index is 11.0. The van der Waals surface area contributed by atoms with Crippen LogP contribution in [0.2, 0.25) is 0 Å². The van der Waals surface area contributed by atoms with Crippen molar-refractivity contribution in [3.63, 3.8) is 0 Å². The van der Waals surface area contributed by atoms with Gasteiger partial charge in [0, 0.05) is 18.9 Å². The Bertz CT molecular complexity index is 677. The number of imidazole rings is 1. The van der Waals surface area contributed by atoms with Gasteiger partial charge in [0.15, 0.2) is 0 Å². The molecule has 4 nitrogen and oxygen atoms in total. The third-order valence-corrected chi connectivity index (χ3v) is 3.90. The number of aromatic nitrogens is 2. The molecule has 0 atom stereocenters. The summed E-state index contributed by atoms with van der Waals surface area (Å²) in [6.45, 7) is 7.59. The van der Waals surface area contributed by atoms with Crippen molar-refractivity contribution in [2.45, 2.75) is 46.6 Å². The van der Waals surface area contributed by atoms with Gasteiger partial charge in [0.2, 0.25) is 0 Å². The number of carbonyl (C=O) groups is 1. The molecule has 1 aromatic heterocycles. The first-order valence-corrected chi connectivity index (χ1v) is 8.32. The standard InChI is InChI=1S/C20H26N2O2/c1-20(2,3)10-4-5-17(14-22-12-11-21-15-22)13-16-6-8-18(9-7-16)19(23)24/h6-9,11-13,15H,4-5,10,14H2,1-3H3,(H,23,24)/b17-13-. The highest BCUT2D eigenvalue weighted by Crippen LogP contribution is 2.24. The van der Waals surface area contributed by atoms with Crippen molar-refractivity contribution < 1.29 is 9.90 Å². The van der Waals surface area contributed by atoms with Crippen LogP contribution in [0.15, 0.2) is 48.6 Å². The van der Waals surface area contributed by atoms with Crippen molar-refractivity contribution in [3.05, 3.63) is 59.7 Å². The van der Waals surface area contributed by atoms with E-state index in [1.54, 1.807) is 18.3 Å². The van der Waals surface area contributed by atoms with Crippen molar-refractivity contribution >= 4 is 12.0 Å². The molecule has 0 aliphatic rings. The van der Waals surface area contributed by atoms with E-state index < -0.39 is 5.97 Å². The Morgan fingerprint density at radius 3 is 2.50 bits per heavy atom. The molecule has 0 saturated carbocycles. The largest absolute Gasteiger partial charge is 0.478 e. The van der Waals surface area contributed by atoms with Crippen LogP contribution in [0.4, 0.5) is 0 Å². The van der Waals surface area contributed by atoms with Gasteiger partial charge in [0.25, 0.3) is 0 Å². The van der Waals surface area contributed by atoms with Crippen LogP contribution in [0.5, 0.6) is 0 Å². The molecule has 0 aliphatic carbocycles. The number of nitrogens with zero attached hydrogens (tertiary/aromatic N) is 2. The van der Waals surface area contributed by atoms with Crippen LogP contribution in [0.1, 0.15) is 56.0 Å². The predicted molar refractivity (Wildman–Crippen MR) is 96.9 cm³/mol. The van der Waals surface area contributed by atoms with Gasteiger partial charge in [-0.05, 0) is 47.9 Å². The molecule has 2 aromatic rings. The molecule has 1 N–H and O–H groups in total. The van der Waals surface area contributed by atoms with E-state index in [-0.39, 0.29) is 0 Å². The number of hydrogen-bond acceptors (Lipinski definition) is 2. The summed E-state index contributed by atoms with van der Waals surface area (Å²) in [5, 5.41) is 9.00. The molecule has 0 radical (unpaired) electrons. The third-order valence-electron chi connectivity index (χ3n) is 3.90. The molecule has 0 saturated heterocycles. The zero-order chi connectivity index (χ0) is 17.6. The fraction of sp³-hybridized carbons (Fsp3) is 0.400. The van der Waals surface area contributed by atoms with E-state index in [0.29, 0.717) is 11.0 Å². The number of aromatic carboxylic acids is 1. The van der Waals surface area contributed by atoms with Crippen LogP contribution in [0, 0.1) is 5.41 Å². The summed E-state index contributed by atoms with van der Waals surface area (Å²) in [5.74, 6) is -0.894.